The normalized spacial score (nSPS) is 7.71. The van der Waals surface area contributed by atoms with E-state index in [9.17, 15) is 4.11 Å². The first-order chi connectivity index (χ1) is 7.67. The summed E-state index contributed by atoms with van der Waals surface area (Å²) in [5.41, 5.74) is 0. The maximum atomic E-state index is 11.7. The van der Waals surface area contributed by atoms with Gasteiger partial charge in [0, 0.05) is 45.7 Å². The van der Waals surface area contributed by atoms with Crippen LogP contribution >= 0.6 is 0 Å². The Morgan fingerprint density at radius 2 is 1.18 bits per heavy atom. The molecule has 0 aromatic heterocycles. The van der Waals surface area contributed by atoms with Crippen molar-refractivity contribution in [2.24, 2.45) is 0 Å². The van der Waals surface area contributed by atoms with E-state index in [1.807, 2.05) is 24.3 Å². The third-order valence-corrected chi connectivity index (χ3v) is 1.67. The van der Waals surface area contributed by atoms with Gasteiger partial charge in [0.2, 0.25) is 0 Å². The zero-order valence-corrected chi connectivity index (χ0v) is 15.9. The molecule has 0 fully saturated rings. The molecule has 0 amide bonds. The summed E-state index contributed by atoms with van der Waals surface area (Å²) in [7, 11) is -1.37. The summed E-state index contributed by atoms with van der Waals surface area (Å²) in [6.07, 6.45) is 0. The van der Waals surface area contributed by atoms with Crippen LogP contribution in [0.3, 0.4) is 0 Å². The number of hydrogen-bond acceptors (Lipinski definition) is 3. The number of hydrogen-bond donors (Lipinski definition) is 3. The molecule has 0 atom stereocenters. The summed E-state index contributed by atoms with van der Waals surface area (Å²) in [5, 5.41) is 23.6. The van der Waals surface area contributed by atoms with Crippen molar-refractivity contribution in [3.63, 3.8) is 0 Å². The molecule has 3 nitrogen and oxygen atoms in total. The van der Waals surface area contributed by atoms with E-state index in [2.05, 4.69) is 0 Å². The maximum Gasteiger partial charge on any atom is 0.189 e. The molecular formula is C11H24FHfO3Si-. The summed E-state index contributed by atoms with van der Waals surface area (Å²) >= 11 is 0. The van der Waals surface area contributed by atoms with E-state index >= 15 is 0 Å². The molecule has 1 aromatic carbocycles. The van der Waals surface area contributed by atoms with Gasteiger partial charge in [0.15, 0.2) is 9.85 Å². The van der Waals surface area contributed by atoms with E-state index in [1.54, 1.807) is 20.8 Å². The van der Waals surface area contributed by atoms with Gasteiger partial charge in [-0.1, -0.05) is 0 Å². The van der Waals surface area contributed by atoms with Crippen molar-refractivity contribution in [2.75, 3.05) is 19.8 Å². The molecule has 17 heavy (non-hydrogen) atoms. The zero-order chi connectivity index (χ0) is 13.2. The average Bonchev–Trinajstić information content (AvgIpc) is 2.73. The van der Waals surface area contributed by atoms with Gasteiger partial charge in [-0.25, -0.2) is 12.1 Å². The van der Waals surface area contributed by atoms with Crippen molar-refractivity contribution >= 4 is 15.0 Å². The van der Waals surface area contributed by atoms with Crippen LogP contribution in [0.25, 0.3) is 0 Å². The Balaban J connectivity index is -0.0000000734. The monoisotopic (exact) mass is 431 g/mol. The first-order valence-electron chi connectivity index (χ1n) is 5.27. The van der Waals surface area contributed by atoms with E-state index < -0.39 is 9.85 Å². The summed E-state index contributed by atoms with van der Waals surface area (Å²) in [6, 6.07) is 7.38. The van der Waals surface area contributed by atoms with Crippen LogP contribution in [0.2, 0.25) is 0 Å². The van der Waals surface area contributed by atoms with Crippen LogP contribution in [0.4, 0.5) is 4.11 Å². The van der Waals surface area contributed by atoms with Crippen LogP contribution in [0.5, 0.6) is 0 Å². The van der Waals surface area contributed by atoms with E-state index in [4.69, 9.17) is 15.3 Å². The summed E-state index contributed by atoms with van der Waals surface area (Å²) < 4.78 is 11.7. The number of aliphatic hydroxyl groups is 3. The van der Waals surface area contributed by atoms with Gasteiger partial charge in [0.25, 0.3) is 0 Å². The molecule has 1 rings (SSSR count). The molecule has 0 aliphatic rings. The molecule has 6 heteroatoms. The first kappa shape index (κ1) is 25.9. The van der Waals surface area contributed by atoms with Gasteiger partial charge >= 0.3 is 0 Å². The van der Waals surface area contributed by atoms with Crippen LogP contribution in [-0.4, -0.2) is 45.0 Å². The van der Waals surface area contributed by atoms with Crippen molar-refractivity contribution in [3.05, 3.63) is 24.3 Å². The van der Waals surface area contributed by atoms with Gasteiger partial charge in [-0.15, -0.1) is 5.19 Å². The van der Waals surface area contributed by atoms with E-state index in [0.717, 1.165) is 5.19 Å². The fraction of sp³-hybridized carbons (Fsp3) is 0.545. The number of halogens is 1. The van der Waals surface area contributed by atoms with Crippen LogP contribution in [0, 0.1) is 0 Å². The molecule has 0 unspecified atom stereocenters. The van der Waals surface area contributed by atoms with E-state index in [-0.39, 0.29) is 45.7 Å². The van der Waals surface area contributed by atoms with Crippen molar-refractivity contribution in [1.29, 1.82) is 0 Å². The second-order valence-electron chi connectivity index (χ2n) is 2.38. The molecule has 0 aliphatic heterocycles. The van der Waals surface area contributed by atoms with Crippen LogP contribution < -0.4 is 5.19 Å². The van der Waals surface area contributed by atoms with Gasteiger partial charge in [-0.2, -0.15) is 12.1 Å². The third kappa shape index (κ3) is 38.6. The molecule has 0 spiro atoms. The Hall–Kier alpha value is 0.247. The Labute approximate surface area is 125 Å². The Morgan fingerprint density at radius 3 is 1.29 bits per heavy atom. The second kappa shape index (κ2) is 29.9. The third-order valence-electron chi connectivity index (χ3n) is 0.886. The van der Waals surface area contributed by atoms with E-state index in [1.165, 1.54) is 0 Å². The molecule has 0 heterocycles. The fourth-order valence-electron chi connectivity index (χ4n) is 0.503. The molecule has 0 radical (unpaired) electrons. The number of rotatable bonds is 1. The standard InChI is InChI=1S/C5H6FSi.3C2H6O.Hf/c6-7-5-3-1-2-4-5;3*1-2-3;/h1-4H,7H2;3*3H,2H2,1H3;/q-1;;;;. The van der Waals surface area contributed by atoms with Gasteiger partial charge in [-0.3, -0.25) is 0 Å². The van der Waals surface area contributed by atoms with Crippen molar-refractivity contribution in [3.8, 4) is 0 Å². The first-order valence-corrected chi connectivity index (χ1v) is 6.51. The van der Waals surface area contributed by atoms with Crippen molar-refractivity contribution in [2.45, 2.75) is 20.8 Å². The minimum Gasteiger partial charge on any atom is -0.397 e. The minimum atomic E-state index is -1.37. The SMILES string of the molecule is CCO.CCO.CCO.F[SiH2][c-]1cccc1.[Hf]. The van der Waals surface area contributed by atoms with Crippen molar-refractivity contribution in [1.82, 2.24) is 0 Å². The molecule has 0 bridgehead atoms. The Kier molecular flexibility index (Phi) is 45.6. The van der Waals surface area contributed by atoms with Gasteiger partial charge in [-0.05, 0) is 20.8 Å². The van der Waals surface area contributed by atoms with Gasteiger partial charge in [0.05, 0.1) is 0 Å². The topological polar surface area (TPSA) is 60.7 Å². The molecule has 3 N–H and O–H groups in total. The van der Waals surface area contributed by atoms with Crippen LogP contribution in [0.15, 0.2) is 24.3 Å². The van der Waals surface area contributed by atoms with Gasteiger partial charge in [0.1, 0.15) is 0 Å². The summed E-state index contributed by atoms with van der Waals surface area (Å²) in [6.45, 7) is 5.79. The van der Waals surface area contributed by atoms with Crippen LogP contribution in [-0.2, 0) is 25.8 Å². The summed E-state index contributed by atoms with van der Waals surface area (Å²) in [5.74, 6) is 0. The van der Waals surface area contributed by atoms with Crippen LogP contribution in [0.1, 0.15) is 20.8 Å². The summed E-state index contributed by atoms with van der Waals surface area (Å²) in [4.78, 5) is 0. The predicted molar refractivity (Wildman–Crippen MR) is 69.6 cm³/mol. The smallest absolute Gasteiger partial charge is 0.189 e. The minimum absolute atomic E-state index is 0. The fourth-order valence-corrected chi connectivity index (χ4v) is 0.953. The zero-order valence-electron chi connectivity index (χ0n) is 10.9. The van der Waals surface area contributed by atoms with Crippen molar-refractivity contribution < 1.29 is 45.3 Å². The molecule has 102 valence electrons. The maximum absolute atomic E-state index is 11.7. The average molecular weight is 430 g/mol. The molecule has 1 aromatic rings. The molecule has 0 saturated heterocycles. The largest absolute Gasteiger partial charge is 0.397 e. The van der Waals surface area contributed by atoms with E-state index in [0.29, 0.717) is 0 Å². The molecular weight excluding hydrogens is 406 g/mol. The molecule has 0 aliphatic carbocycles. The molecule has 0 saturated carbocycles. The number of aliphatic hydroxyl groups excluding tert-OH is 3. The Morgan fingerprint density at radius 1 is 0.941 bits per heavy atom. The predicted octanol–water partition coefficient (Wildman–Crippen LogP) is 0.0774. The Bertz CT molecular complexity index is 170. The van der Waals surface area contributed by atoms with Gasteiger partial charge < -0.3 is 19.4 Å². The quantitative estimate of drug-likeness (QED) is 0.336. The second-order valence-corrected chi connectivity index (χ2v) is 3.46.